The molecule has 1 saturated carbocycles. The molecule has 5 heteroatoms. The Kier molecular flexibility index (Phi) is 6.46. The second-order valence-electron chi connectivity index (χ2n) is 7.09. The van der Waals surface area contributed by atoms with E-state index in [9.17, 15) is 9.59 Å². The highest BCUT2D eigenvalue weighted by atomic mass is 16.6. The molecular formula is C19H29NO4. The van der Waals surface area contributed by atoms with Crippen LogP contribution in [0.1, 0.15) is 53.0 Å². The molecule has 2 rings (SSSR count). The van der Waals surface area contributed by atoms with E-state index in [2.05, 4.69) is 20.8 Å². The maximum Gasteiger partial charge on any atom is 0.341 e. The van der Waals surface area contributed by atoms with Crippen molar-refractivity contribution < 1.29 is 19.1 Å². The minimum Gasteiger partial charge on any atom is -0.464 e. The maximum absolute atomic E-state index is 12.8. The topological polar surface area (TPSA) is 57.5 Å². The summed E-state index contributed by atoms with van der Waals surface area (Å²) in [5.74, 6) is 0.240. The van der Waals surface area contributed by atoms with Crippen LogP contribution in [0.3, 0.4) is 0 Å². The van der Waals surface area contributed by atoms with Gasteiger partial charge >= 0.3 is 11.9 Å². The Morgan fingerprint density at radius 1 is 1.17 bits per heavy atom. The van der Waals surface area contributed by atoms with Crippen molar-refractivity contribution in [3.63, 3.8) is 0 Å². The Hall–Kier alpha value is -1.78. The molecular weight excluding hydrogens is 306 g/mol. The fourth-order valence-corrected chi connectivity index (χ4v) is 3.54. The first-order valence-corrected chi connectivity index (χ1v) is 8.93. The summed E-state index contributed by atoms with van der Waals surface area (Å²) in [4.78, 5) is 25.0. The van der Waals surface area contributed by atoms with Crippen molar-refractivity contribution in [3.8, 4) is 0 Å². The van der Waals surface area contributed by atoms with Gasteiger partial charge in [0.25, 0.3) is 0 Å². The summed E-state index contributed by atoms with van der Waals surface area (Å²) in [6.07, 6.45) is 6.32. The first kappa shape index (κ1) is 18.6. The van der Waals surface area contributed by atoms with Crippen LogP contribution in [0.4, 0.5) is 0 Å². The number of aromatic nitrogens is 1. The largest absolute Gasteiger partial charge is 0.464 e. The van der Waals surface area contributed by atoms with Gasteiger partial charge in [0.05, 0.1) is 6.61 Å². The summed E-state index contributed by atoms with van der Waals surface area (Å²) in [5.41, 5.74) is 0. The molecule has 0 N–H and O–H groups in total. The Morgan fingerprint density at radius 3 is 2.42 bits per heavy atom. The molecule has 0 aromatic carbocycles. The van der Waals surface area contributed by atoms with E-state index in [1.807, 2.05) is 0 Å². The minimum absolute atomic E-state index is 0.131. The zero-order valence-corrected chi connectivity index (χ0v) is 15.1. The molecule has 1 aromatic heterocycles. The molecule has 1 fully saturated rings. The second-order valence-corrected chi connectivity index (χ2v) is 7.09. The highest BCUT2D eigenvalue weighted by Gasteiger charge is 2.38. The van der Waals surface area contributed by atoms with Gasteiger partial charge < -0.3 is 14.0 Å². The summed E-state index contributed by atoms with van der Waals surface area (Å²) in [7, 11) is 0. The van der Waals surface area contributed by atoms with Crippen molar-refractivity contribution in [2.24, 2.45) is 17.8 Å². The molecule has 0 spiro atoms. The number of carbonyl (C=O) groups excluding carboxylic acids is 2. The van der Waals surface area contributed by atoms with Crippen molar-refractivity contribution in [1.82, 2.24) is 4.57 Å². The van der Waals surface area contributed by atoms with Crippen molar-refractivity contribution >= 4 is 11.9 Å². The minimum atomic E-state index is -1.06. The Labute approximate surface area is 144 Å². The third-order valence-corrected chi connectivity index (χ3v) is 4.89. The van der Waals surface area contributed by atoms with Crippen LogP contribution in [0.15, 0.2) is 24.5 Å². The predicted octanol–water partition coefficient (Wildman–Crippen LogP) is 3.60. The Morgan fingerprint density at radius 2 is 1.83 bits per heavy atom. The molecule has 4 atom stereocenters. The lowest BCUT2D eigenvalue weighted by molar-refractivity contribution is -0.168. The number of hydrogen-bond acceptors (Lipinski definition) is 4. The molecule has 5 nitrogen and oxygen atoms in total. The molecule has 1 aliphatic rings. The SMILES string of the molecule is CCOC(=O)C(C(=O)OC1CC(C)CCC1C(C)C)n1cccc1. The third kappa shape index (κ3) is 4.40. The highest BCUT2D eigenvalue weighted by Crippen LogP contribution is 2.36. The second kappa shape index (κ2) is 8.36. The van der Waals surface area contributed by atoms with Gasteiger partial charge in [0.15, 0.2) is 0 Å². The lowest BCUT2D eigenvalue weighted by Crippen LogP contribution is -2.39. The first-order valence-electron chi connectivity index (χ1n) is 8.93. The van der Waals surface area contributed by atoms with E-state index in [1.54, 1.807) is 36.0 Å². The molecule has 24 heavy (non-hydrogen) atoms. The van der Waals surface area contributed by atoms with Gasteiger partial charge in [-0.25, -0.2) is 9.59 Å². The van der Waals surface area contributed by atoms with Crippen LogP contribution in [-0.2, 0) is 19.1 Å². The normalized spacial score (nSPS) is 25.3. The summed E-state index contributed by atoms with van der Waals surface area (Å²) in [6.45, 7) is 8.48. The van der Waals surface area contributed by atoms with Gasteiger partial charge in [0, 0.05) is 12.4 Å². The van der Waals surface area contributed by atoms with E-state index in [0.717, 1.165) is 19.3 Å². The van der Waals surface area contributed by atoms with Gasteiger partial charge in [0.2, 0.25) is 6.04 Å². The third-order valence-electron chi connectivity index (χ3n) is 4.89. The van der Waals surface area contributed by atoms with Gasteiger partial charge in [0.1, 0.15) is 6.10 Å². The van der Waals surface area contributed by atoms with Crippen LogP contribution in [0.25, 0.3) is 0 Å². The van der Waals surface area contributed by atoms with E-state index in [4.69, 9.17) is 9.47 Å². The van der Waals surface area contributed by atoms with Crippen LogP contribution in [-0.4, -0.2) is 29.2 Å². The lowest BCUT2D eigenvalue weighted by atomic mass is 9.75. The number of ether oxygens (including phenoxy) is 2. The van der Waals surface area contributed by atoms with Crippen LogP contribution < -0.4 is 0 Å². The monoisotopic (exact) mass is 335 g/mol. The van der Waals surface area contributed by atoms with Crippen molar-refractivity contribution in [3.05, 3.63) is 24.5 Å². The summed E-state index contributed by atoms with van der Waals surface area (Å²) in [5, 5.41) is 0. The molecule has 0 radical (unpaired) electrons. The fourth-order valence-electron chi connectivity index (χ4n) is 3.54. The Bertz CT molecular complexity index is 538. The van der Waals surface area contributed by atoms with Crippen molar-refractivity contribution in [1.29, 1.82) is 0 Å². The van der Waals surface area contributed by atoms with E-state index in [1.165, 1.54) is 0 Å². The van der Waals surface area contributed by atoms with Crippen LogP contribution in [0.5, 0.6) is 0 Å². The molecule has 4 unspecified atom stereocenters. The highest BCUT2D eigenvalue weighted by molar-refractivity contribution is 5.97. The number of hydrogen-bond donors (Lipinski definition) is 0. The van der Waals surface area contributed by atoms with Crippen molar-refractivity contribution in [2.45, 2.75) is 59.1 Å². The molecule has 1 aromatic rings. The van der Waals surface area contributed by atoms with Gasteiger partial charge in [-0.3, -0.25) is 0 Å². The van der Waals surface area contributed by atoms with Crippen LogP contribution in [0.2, 0.25) is 0 Å². The summed E-state index contributed by atoms with van der Waals surface area (Å²) < 4.78 is 12.5. The lowest BCUT2D eigenvalue weighted by Gasteiger charge is -2.37. The molecule has 1 aliphatic carbocycles. The summed E-state index contributed by atoms with van der Waals surface area (Å²) >= 11 is 0. The summed E-state index contributed by atoms with van der Waals surface area (Å²) in [6, 6.07) is 2.49. The van der Waals surface area contributed by atoms with E-state index >= 15 is 0 Å². The number of esters is 2. The molecule has 1 heterocycles. The molecule has 0 amide bonds. The molecule has 0 aliphatic heterocycles. The number of rotatable bonds is 6. The van der Waals surface area contributed by atoms with Gasteiger partial charge in [-0.05, 0) is 49.7 Å². The quantitative estimate of drug-likeness (QED) is 0.589. The van der Waals surface area contributed by atoms with E-state index in [-0.39, 0.29) is 12.7 Å². The van der Waals surface area contributed by atoms with Gasteiger partial charge in [-0.1, -0.05) is 27.2 Å². The maximum atomic E-state index is 12.8. The zero-order chi connectivity index (χ0) is 17.7. The first-order chi connectivity index (χ1) is 11.4. The predicted molar refractivity (Wildman–Crippen MR) is 91.3 cm³/mol. The van der Waals surface area contributed by atoms with E-state index < -0.39 is 18.0 Å². The van der Waals surface area contributed by atoms with Crippen molar-refractivity contribution in [2.75, 3.05) is 6.61 Å². The number of nitrogens with zero attached hydrogens (tertiary/aromatic N) is 1. The fraction of sp³-hybridized carbons (Fsp3) is 0.684. The van der Waals surface area contributed by atoms with Gasteiger partial charge in [-0.15, -0.1) is 0 Å². The molecule has 0 saturated heterocycles. The zero-order valence-electron chi connectivity index (χ0n) is 15.1. The number of carbonyl (C=O) groups is 2. The van der Waals surface area contributed by atoms with E-state index in [0.29, 0.717) is 17.8 Å². The van der Waals surface area contributed by atoms with Gasteiger partial charge in [-0.2, -0.15) is 0 Å². The average molecular weight is 335 g/mol. The average Bonchev–Trinajstić information content (AvgIpc) is 3.01. The standard InChI is InChI=1S/C19H29NO4/c1-5-23-18(21)17(20-10-6-7-11-20)19(22)24-16-12-14(4)8-9-15(16)13(2)3/h6-7,10-11,13-17H,5,8-9,12H2,1-4H3. The van der Waals surface area contributed by atoms with Crippen LogP contribution >= 0.6 is 0 Å². The van der Waals surface area contributed by atoms with Crippen LogP contribution in [0, 0.1) is 17.8 Å². The molecule has 0 bridgehead atoms. The Balaban J connectivity index is 2.15. The molecule has 134 valence electrons. The smallest absolute Gasteiger partial charge is 0.341 e.